The lowest BCUT2D eigenvalue weighted by Gasteiger charge is -2.10. The fraction of sp³-hybridized carbons (Fsp3) is 0.192. The number of aromatic nitrogens is 2. The van der Waals surface area contributed by atoms with Crippen molar-refractivity contribution in [1.82, 2.24) is 15.3 Å². The molecule has 0 unspecified atom stereocenters. The average molecular weight is 441 g/mol. The zero-order valence-corrected chi connectivity index (χ0v) is 18.4. The molecule has 33 heavy (non-hydrogen) atoms. The molecule has 7 nitrogen and oxygen atoms in total. The third-order valence-corrected chi connectivity index (χ3v) is 5.48. The maximum Gasteiger partial charge on any atom is 0.222 e. The lowest BCUT2D eigenvalue weighted by atomic mass is 10.1. The van der Waals surface area contributed by atoms with Crippen LogP contribution in [-0.4, -0.2) is 22.4 Å². The fourth-order valence-electron chi connectivity index (χ4n) is 3.65. The van der Waals surface area contributed by atoms with E-state index in [1.807, 2.05) is 48.5 Å². The minimum atomic E-state index is 0.0868. The molecule has 0 radical (unpaired) electrons. The molecule has 0 saturated heterocycles. The number of carbonyl (C=O) groups is 1. The van der Waals surface area contributed by atoms with Gasteiger partial charge in [0.25, 0.3) is 0 Å². The SMILES string of the molecule is Nc1nc(N)c2cc(NCc3ccc(CCNC(=O)CCc4ccccc4)cc3)ccc2n1. The summed E-state index contributed by atoms with van der Waals surface area (Å²) in [6, 6.07) is 24.2. The number of anilines is 3. The van der Waals surface area contributed by atoms with Crippen LogP contribution in [0.3, 0.4) is 0 Å². The standard InChI is InChI=1S/C26H28N6O/c27-25-22-16-21(11-12-23(22)31-26(28)32-25)30-17-20-8-6-19(7-9-20)14-15-29-24(33)13-10-18-4-2-1-3-5-18/h1-9,11-12,16,30H,10,13-15,17H2,(H,29,33)(H4,27,28,31,32). The lowest BCUT2D eigenvalue weighted by molar-refractivity contribution is -0.121. The monoisotopic (exact) mass is 440 g/mol. The second-order valence-corrected chi connectivity index (χ2v) is 7.95. The van der Waals surface area contributed by atoms with E-state index in [-0.39, 0.29) is 11.9 Å². The molecule has 168 valence electrons. The third-order valence-electron chi connectivity index (χ3n) is 5.48. The number of rotatable bonds is 9. The number of nitrogens with two attached hydrogens (primary N) is 2. The molecule has 0 saturated carbocycles. The van der Waals surface area contributed by atoms with Gasteiger partial charge in [0, 0.05) is 30.6 Å². The molecule has 7 heteroatoms. The van der Waals surface area contributed by atoms with Crippen LogP contribution in [0.4, 0.5) is 17.5 Å². The third kappa shape index (κ3) is 6.20. The zero-order valence-electron chi connectivity index (χ0n) is 18.4. The highest BCUT2D eigenvalue weighted by Gasteiger charge is 2.05. The van der Waals surface area contributed by atoms with Gasteiger partial charge in [0.1, 0.15) is 5.82 Å². The molecule has 6 N–H and O–H groups in total. The van der Waals surface area contributed by atoms with Crippen molar-refractivity contribution < 1.29 is 4.79 Å². The lowest BCUT2D eigenvalue weighted by Crippen LogP contribution is -2.25. The minimum Gasteiger partial charge on any atom is -0.383 e. The molecule has 0 spiro atoms. The number of hydrogen-bond donors (Lipinski definition) is 4. The predicted molar refractivity (Wildman–Crippen MR) is 134 cm³/mol. The normalized spacial score (nSPS) is 10.8. The quantitative estimate of drug-likeness (QED) is 0.315. The van der Waals surface area contributed by atoms with Gasteiger partial charge in [-0.3, -0.25) is 4.79 Å². The fourth-order valence-corrected chi connectivity index (χ4v) is 3.65. The van der Waals surface area contributed by atoms with Crippen LogP contribution in [0.1, 0.15) is 23.1 Å². The summed E-state index contributed by atoms with van der Waals surface area (Å²) in [5.41, 5.74) is 16.8. The molecule has 0 atom stereocenters. The summed E-state index contributed by atoms with van der Waals surface area (Å²) in [6.45, 7) is 1.31. The van der Waals surface area contributed by atoms with Crippen molar-refractivity contribution in [2.75, 3.05) is 23.3 Å². The Labute approximate surface area is 193 Å². The minimum absolute atomic E-state index is 0.0868. The Morgan fingerprint density at radius 1 is 0.818 bits per heavy atom. The summed E-state index contributed by atoms with van der Waals surface area (Å²) in [5, 5.41) is 7.18. The molecule has 0 fully saturated rings. The molecule has 1 amide bonds. The van der Waals surface area contributed by atoms with Gasteiger partial charge in [0.15, 0.2) is 0 Å². The Morgan fingerprint density at radius 2 is 1.55 bits per heavy atom. The van der Waals surface area contributed by atoms with E-state index >= 15 is 0 Å². The molecule has 0 bridgehead atoms. The van der Waals surface area contributed by atoms with Gasteiger partial charge >= 0.3 is 0 Å². The molecule has 4 aromatic rings. The second kappa shape index (κ2) is 10.5. The van der Waals surface area contributed by atoms with Crippen LogP contribution in [0, 0.1) is 0 Å². The van der Waals surface area contributed by atoms with E-state index in [4.69, 9.17) is 11.5 Å². The molecule has 1 heterocycles. The molecular weight excluding hydrogens is 412 g/mol. The summed E-state index contributed by atoms with van der Waals surface area (Å²) < 4.78 is 0. The van der Waals surface area contributed by atoms with Crippen LogP contribution in [0.15, 0.2) is 72.8 Å². The van der Waals surface area contributed by atoms with Gasteiger partial charge in [-0.25, -0.2) is 4.98 Å². The van der Waals surface area contributed by atoms with Gasteiger partial charge in [-0.2, -0.15) is 4.98 Å². The van der Waals surface area contributed by atoms with Gasteiger partial charge < -0.3 is 22.1 Å². The average Bonchev–Trinajstić information content (AvgIpc) is 2.83. The summed E-state index contributed by atoms with van der Waals surface area (Å²) in [5.74, 6) is 0.633. The molecule has 4 rings (SSSR count). The first kappa shape index (κ1) is 22.1. The first-order valence-corrected chi connectivity index (χ1v) is 11.0. The smallest absolute Gasteiger partial charge is 0.222 e. The van der Waals surface area contributed by atoms with Crippen molar-refractivity contribution in [3.8, 4) is 0 Å². The first-order valence-electron chi connectivity index (χ1n) is 11.0. The van der Waals surface area contributed by atoms with Crippen LogP contribution in [0.5, 0.6) is 0 Å². The number of hydrogen-bond acceptors (Lipinski definition) is 6. The Kier molecular flexibility index (Phi) is 6.99. The van der Waals surface area contributed by atoms with Crippen molar-refractivity contribution in [2.45, 2.75) is 25.8 Å². The maximum absolute atomic E-state index is 12.1. The largest absolute Gasteiger partial charge is 0.383 e. The van der Waals surface area contributed by atoms with Gasteiger partial charge in [-0.05, 0) is 47.7 Å². The van der Waals surface area contributed by atoms with Crippen molar-refractivity contribution in [2.24, 2.45) is 0 Å². The number of fused-ring (bicyclic) bond motifs is 1. The predicted octanol–water partition coefficient (Wildman–Crippen LogP) is 3.70. The number of nitrogen functional groups attached to an aromatic ring is 2. The van der Waals surface area contributed by atoms with Gasteiger partial charge in [0.2, 0.25) is 11.9 Å². The molecule has 0 aliphatic carbocycles. The van der Waals surface area contributed by atoms with E-state index in [0.29, 0.717) is 25.3 Å². The van der Waals surface area contributed by atoms with Crippen molar-refractivity contribution in [1.29, 1.82) is 0 Å². The number of nitrogens with one attached hydrogen (secondary N) is 2. The van der Waals surface area contributed by atoms with Crippen LogP contribution in [0.25, 0.3) is 10.9 Å². The highest BCUT2D eigenvalue weighted by atomic mass is 16.1. The number of amides is 1. The van der Waals surface area contributed by atoms with E-state index in [9.17, 15) is 4.79 Å². The highest BCUT2D eigenvalue weighted by Crippen LogP contribution is 2.23. The summed E-state index contributed by atoms with van der Waals surface area (Å²) in [6.07, 6.45) is 2.08. The molecule has 0 aliphatic rings. The Bertz CT molecular complexity index is 1220. The second-order valence-electron chi connectivity index (χ2n) is 7.95. The topological polar surface area (TPSA) is 119 Å². The highest BCUT2D eigenvalue weighted by molar-refractivity contribution is 5.91. The summed E-state index contributed by atoms with van der Waals surface area (Å²) in [7, 11) is 0. The number of carbonyl (C=O) groups excluding carboxylic acids is 1. The van der Waals surface area contributed by atoms with Crippen LogP contribution < -0.4 is 22.1 Å². The van der Waals surface area contributed by atoms with Crippen molar-refractivity contribution in [3.05, 3.63) is 89.5 Å². The summed E-state index contributed by atoms with van der Waals surface area (Å²) in [4.78, 5) is 20.3. The van der Waals surface area contributed by atoms with E-state index in [0.717, 1.165) is 35.0 Å². The van der Waals surface area contributed by atoms with E-state index in [1.165, 1.54) is 11.1 Å². The molecule has 0 aliphatic heterocycles. The summed E-state index contributed by atoms with van der Waals surface area (Å²) >= 11 is 0. The van der Waals surface area contributed by atoms with Crippen LogP contribution >= 0.6 is 0 Å². The number of nitrogens with zero attached hydrogens (tertiary/aromatic N) is 2. The van der Waals surface area contributed by atoms with Crippen molar-refractivity contribution >= 4 is 34.3 Å². The maximum atomic E-state index is 12.1. The van der Waals surface area contributed by atoms with Gasteiger partial charge in [-0.1, -0.05) is 54.6 Å². The molecule has 1 aromatic heterocycles. The van der Waals surface area contributed by atoms with E-state index in [2.05, 4.69) is 44.9 Å². The number of benzene rings is 3. The van der Waals surface area contributed by atoms with Gasteiger partial charge in [-0.15, -0.1) is 0 Å². The first-order chi connectivity index (χ1) is 16.1. The Hall–Kier alpha value is -4.13. The number of aryl methyl sites for hydroxylation is 1. The van der Waals surface area contributed by atoms with E-state index in [1.54, 1.807) is 0 Å². The van der Waals surface area contributed by atoms with Crippen molar-refractivity contribution in [3.63, 3.8) is 0 Å². The Morgan fingerprint density at radius 3 is 2.33 bits per heavy atom. The molecular formula is C26H28N6O. The van der Waals surface area contributed by atoms with Crippen LogP contribution in [0.2, 0.25) is 0 Å². The Balaban J connectivity index is 1.22. The zero-order chi connectivity index (χ0) is 23.0. The molecule has 3 aromatic carbocycles. The van der Waals surface area contributed by atoms with E-state index < -0.39 is 0 Å². The van der Waals surface area contributed by atoms with Crippen LogP contribution in [-0.2, 0) is 24.2 Å². The van der Waals surface area contributed by atoms with Gasteiger partial charge in [0.05, 0.1) is 5.52 Å².